The third-order valence-electron chi connectivity index (χ3n) is 6.03. The molecule has 0 atom stereocenters. The van der Waals surface area contributed by atoms with Crippen LogP contribution in [0.15, 0.2) is 6.20 Å². The second-order valence-corrected chi connectivity index (χ2v) is 8.48. The van der Waals surface area contributed by atoms with E-state index in [1.807, 2.05) is 7.05 Å². The van der Waals surface area contributed by atoms with Crippen molar-refractivity contribution < 1.29 is 4.79 Å². The first-order chi connectivity index (χ1) is 10.9. The van der Waals surface area contributed by atoms with Gasteiger partial charge in [0.2, 0.25) is 0 Å². The van der Waals surface area contributed by atoms with Gasteiger partial charge in [-0.15, -0.1) is 0 Å². The summed E-state index contributed by atoms with van der Waals surface area (Å²) in [4.78, 5) is 12.9. The van der Waals surface area contributed by atoms with Gasteiger partial charge in [-0.05, 0) is 70.1 Å². The van der Waals surface area contributed by atoms with Gasteiger partial charge in [0, 0.05) is 18.6 Å². The third-order valence-corrected chi connectivity index (χ3v) is 6.03. The molecule has 1 heterocycles. The molecular weight excluding hydrogens is 288 g/mol. The molecule has 0 aromatic carbocycles. The van der Waals surface area contributed by atoms with Crippen molar-refractivity contribution in [1.82, 2.24) is 15.1 Å². The van der Waals surface area contributed by atoms with Crippen LogP contribution in [0.5, 0.6) is 0 Å². The number of nitrogens with zero attached hydrogens (tertiary/aromatic N) is 2. The molecule has 4 aliphatic rings. The molecule has 4 saturated carbocycles. The second-order valence-electron chi connectivity index (χ2n) is 8.48. The van der Waals surface area contributed by atoms with Crippen molar-refractivity contribution >= 4 is 11.7 Å². The van der Waals surface area contributed by atoms with Gasteiger partial charge in [0.25, 0.3) is 5.91 Å². The van der Waals surface area contributed by atoms with Crippen molar-refractivity contribution in [2.75, 3.05) is 5.32 Å². The molecule has 1 aromatic heterocycles. The number of hydrogen-bond acceptors (Lipinski definition) is 3. The van der Waals surface area contributed by atoms with Crippen LogP contribution in [0.1, 0.15) is 62.7 Å². The van der Waals surface area contributed by atoms with Gasteiger partial charge in [0.1, 0.15) is 11.4 Å². The molecule has 5 heteroatoms. The van der Waals surface area contributed by atoms with Gasteiger partial charge in [0.05, 0.1) is 6.20 Å². The highest BCUT2D eigenvalue weighted by Crippen LogP contribution is 2.55. The average Bonchev–Trinajstić information content (AvgIpc) is 2.77. The van der Waals surface area contributed by atoms with Crippen LogP contribution in [0, 0.1) is 17.8 Å². The van der Waals surface area contributed by atoms with Crippen LogP contribution in [-0.4, -0.2) is 27.3 Å². The number of aryl methyl sites for hydroxylation is 1. The van der Waals surface area contributed by atoms with Crippen molar-refractivity contribution in [3.63, 3.8) is 0 Å². The SMILES string of the molecule is CC(C)Nc1c(C(=O)NC23CC4CC(CC(C4)C2)C3)cnn1C. The molecule has 0 spiro atoms. The van der Waals surface area contributed by atoms with Gasteiger partial charge >= 0.3 is 0 Å². The maximum absolute atomic E-state index is 12.9. The molecule has 4 fully saturated rings. The van der Waals surface area contributed by atoms with Crippen LogP contribution in [0.25, 0.3) is 0 Å². The zero-order valence-electron chi connectivity index (χ0n) is 14.4. The second kappa shape index (κ2) is 5.25. The minimum Gasteiger partial charge on any atom is -0.367 e. The normalized spacial score (nSPS) is 34.9. The molecule has 4 bridgehead atoms. The number of anilines is 1. The predicted molar refractivity (Wildman–Crippen MR) is 90.3 cm³/mol. The van der Waals surface area contributed by atoms with E-state index in [0.29, 0.717) is 5.56 Å². The van der Waals surface area contributed by atoms with Crippen LogP contribution < -0.4 is 10.6 Å². The number of nitrogens with one attached hydrogen (secondary N) is 2. The number of carbonyl (C=O) groups is 1. The van der Waals surface area contributed by atoms with E-state index in [0.717, 1.165) is 23.6 Å². The van der Waals surface area contributed by atoms with E-state index in [9.17, 15) is 4.79 Å². The van der Waals surface area contributed by atoms with Gasteiger partial charge in [-0.2, -0.15) is 5.10 Å². The summed E-state index contributed by atoms with van der Waals surface area (Å²) < 4.78 is 1.76. The van der Waals surface area contributed by atoms with Gasteiger partial charge in [-0.25, -0.2) is 0 Å². The van der Waals surface area contributed by atoms with E-state index >= 15 is 0 Å². The molecule has 23 heavy (non-hydrogen) atoms. The Morgan fingerprint density at radius 1 is 1.22 bits per heavy atom. The molecule has 5 nitrogen and oxygen atoms in total. The van der Waals surface area contributed by atoms with E-state index in [-0.39, 0.29) is 17.5 Å². The van der Waals surface area contributed by atoms with Crippen molar-refractivity contribution in [3.8, 4) is 0 Å². The van der Waals surface area contributed by atoms with E-state index in [4.69, 9.17) is 0 Å². The number of carbonyl (C=O) groups excluding carboxylic acids is 1. The Kier molecular flexibility index (Phi) is 3.43. The Morgan fingerprint density at radius 3 is 2.30 bits per heavy atom. The first-order valence-electron chi connectivity index (χ1n) is 9.05. The molecule has 0 saturated heterocycles. The molecule has 5 rings (SSSR count). The average molecular weight is 316 g/mol. The smallest absolute Gasteiger partial charge is 0.257 e. The summed E-state index contributed by atoms with van der Waals surface area (Å²) in [7, 11) is 1.88. The Hall–Kier alpha value is -1.52. The summed E-state index contributed by atoms with van der Waals surface area (Å²) in [5, 5.41) is 11.1. The molecule has 0 unspecified atom stereocenters. The summed E-state index contributed by atoms with van der Waals surface area (Å²) in [5.41, 5.74) is 0.730. The van der Waals surface area contributed by atoms with E-state index in [2.05, 4.69) is 29.6 Å². The van der Waals surface area contributed by atoms with E-state index in [1.165, 1.54) is 38.5 Å². The van der Waals surface area contributed by atoms with Crippen LogP contribution >= 0.6 is 0 Å². The summed E-state index contributed by atoms with van der Waals surface area (Å²) in [6.45, 7) is 4.15. The lowest BCUT2D eigenvalue weighted by molar-refractivity contribution is -0.0166. The highest BCUT2D eigenvalue weighted by molar-refractivity contribution is 5.99. The standard InChI is InChI=1S/C18H28N4O/c1-11(2)20-16-15(10-19-22(16)3)17(23)21-18-7-12-4-13(8-18)6-14(5-12)9-18/h10-14,20H,4-9H2,1-3H3,(H,21,23). The molecule has 4 aliphatic carbocycles. The van der Waals surface area contributed by atoms with Crippen molar-refractivity contribution in [2.24, 2.45) is 24.8 Å². The van der Waals surface area contributed by atoms with Gasteiger partial charge < -0.3 is 10.6 Å². The first kappa shape index (κ1) is 15.0. The van der Waals surface area contributed by atoms with Crippen LogP contribution in [0.3, 0.4) is 0 Å². The molecule has 1 aromatic rings. The predicted octanol–water partition coefficient (Wildman–Crippen LogP) is 2.94. The fourth-order valence-corrected chi connectivity index (χ4v) is 5.62. The molecule has 126 valence electrons. The maximum Gasteiger partial charge on any atom is 0.257 e. The first-order valence-corrected chi connectivity index (χ1v) is 9.05. The van der Waals surface area contributed by atoms with Gasteiger partial charge in [-0.3, -0.25) is 9.48 Å². The summed E-state index contributed by atoms with van der Waals surface area (Å²) in [6.07, 6.45) is 9.40. The van der Waals surface area contributed by atoms with E-state index < -0.39 is 0 Å². The molecule has 0 aliphatic heterocycles. The topological polar surface area (TPSA) is 59.0 Å². The zero-order chi connectivity index (χ0) is 16.2. The number of amides is 1. The van der Waals surface area contributed by atoms with Gasteiger partial charge in [-0.1, -0.05) is 0 Å². The Labute approximate surface area is 138 Å². The van der Waals surface area contributed by atoms with E-state index in [1.54, 1.807) is 10.9 Å². The zero-order valence-corrected chi connectivity index (χ0v) is 14.4. The minimum absolute atomic E-state index is 0.0446. The minimum atomic E-state index is 0.0446. The third kappa shape index (κ3) is 2.64. The highest BCUT2D eigenvalue weighted by Gasteiger charge is 2.51. The van der Waals surface area contributed by atoms with Crippen LogP contribution in [0.2, 0.25) is 0 Å². The maximum atomic E-state index is 12.9. The lowest BCUT2D eigenvalue weighted by Crippen LogP contribution is -2.59. The fourth-order valence-electron chi connectivity index (χ4n) is 5.62. The molecular formula is C18H28N4O. The lowest BCUT2D eigenvalue weighted by atomic mass is 9.53. The van der Waals surface area contributed by atoms with Gasteiger partial charge in [0.15, 0.2) is 0 Å². The Bertz CT molecular complexity index is 583. The quantitative estimate of drug-likeness (QED) is 0.898. The number of rotatable bonds is 4. The van der Waals surface area contributed by atoms with Crippen molar-refractivity contribution in [3.05, 3.63) is 11.8 Å². The summed E-state index contributed by atoms with van der Waals surface area (Å²) >= 11 is 0. The summed E-state index contributed by atoms with van der Waals surface area (Å²) in [6, 6.07) is 0.275. The van der Waals surface area contributed by atoms with Crippen LogP contribution in [-0.2, 0) is 7.05 Å². The Balaban J connectivity index is 1.54. The summed E-state index contributed by atoms with van der Waals surface area (Å²) in [5.74, 6) is 3.38. The lowest BCUT2D eigenvalue weighted by Gasteiger charge is -2.56. The van der Waals surface area contributed by atoms with Crippen LogP contribution in [0.4, 0.5) is 5.82 Å². The molecule has 1 amide bonds. The number of hydrogen-bond donors (Lipinski definition) is 2. The fraction of sp³-hybridized carbons (Fsp3) is 0.778. The largest absolute Gasteiger partial charge is 0.367 e. The molecule has 0 radical (unpaired) electrons. The molecule has 2 N–H and O–H groups in total. The Morgan fingerprint density at radius 2 is 1.78 bits per heavy atom. The van der Waals surface area contributed by atoms with Crippen molar-refractivity contribution in [2.45, 2.75) is 64.0 Å². The number of aromatic nitrogens is 2. The highest BCUT2D eigenvalue weighted by atomic mass is 16.1. The monoisotopic (exact) mass is 316 g/mol. The van der Waals surface area contributed by atoms with Crippen molar-refractivity contribution in [1.29, 1.82) is 0 Å².